The molecular weight excluding hydrogens is 360 g/mol. The lowest BCUT2D eigenvalue weighted by Gasteiger charge is -2.23. The third kappa shape index (κ3) is 4.07. The summed E-state index contributed by atoms with van der Waals surface area (Å²) in [6, 6.07) is 12.1. The number of aryl methyl sites for hydroxylation is 1. The van der Waals surface area contributed by atoms with Crippen molar-refractivity contribution >= 4 is 6.16 Å². The zero-order chi connectivity index (χ0) is 20.1. The topological polar surface area (TPSA) is 63.2 Å². The van der Waals surface area contributed by atoms with Gasteiger partial charge in [0.15, 0.2) is 6.10 Å². The van der Waals surface area contributed by atoms with Crippen LogP contribution in [0.2, 0.25) is 0 Å². The summed E-state index contributed by atoms with van der Waals surface area (Å²) in [4.78, 5) is 11.4. The van der Waals surface area contributed by atoms with Gasteiger partial charge >= 0.3 is 6.16 Å². The van der Waals surface area contributed by atoms with Gasteiger partial charge in [-0.3, -0.25) is 0 Å². The molecule has 0 N–H and O–H groups in total. The molecule has 0 spiro atoms. The second kappa shape index (κ2) is 8.97. The van der Waals surface area contributed by atoms with E-state index in [2.05, 4.69) is 19.1 Å². The van der Waals surface area contributed by atoms with E-state index < -0.39 is 18.4 Å². The molecule has 0 bridgehead atoms. The van der Waals surface area contributed by atoms with Crippen molar-refractivity contribution in [2.24, 2.45) is 0 Å². The molecule has 1 heterocycles. The van der Waals surface area contributed by atoms with Crippen LogP contribution < -0.4 is 9.47 Å². The van der Waals surface area contributed by atoms with Gasteiger partial charge < -0.3 is 23.7 Å². The highest BCUT2D eigenvalue weighted by Gasteiger charge is 2.35. The van der Waals surface area contributed by atoms with Crippen LogP contribution in [0, 0.1) is 0 Å². The molecule has 28 heavy (non-hydrogen) atoms. The highest BCUT2D eigenvalue weighted by Crippen LogP contribution is 2.38. The lowest BCUT2D eigenvalue weighted by molar-refractivity contribution is -0.00135. The number of hydrogen-bond acceptors (Lipinski definition) is 6. The fraction of sp³-hybridized carbons (Fsp3) is 0.409. The number of rotatable bonds is 8. The van der Waals surface area contributed by atoms with Gasteiger partial charge in [-0.1, -0.05) is 25.5 Å². The zero-order valence-electron chi connectivity index (χ0n) is 16.7. The first-order chi connectivity index (χ1) is 13.6. The second-order valence-corrected chi connectivity index (χ2v) is 6.61. The van der Waals surface area contributed by atoms with Gasteiger partial charge in [0.1, 0.15) is 24.2 Å². The molecule has 3 rings (SSSR count). The van der Waals surface area contributed by atoms with Gasteiger partial charge in [0, 0.05) is 18.2 Å². The van der Waals surface area contributed by atoms with Crippen molar-refractivity contribution in [3.05, 3.63) is 47.5 Å². The molecule has 0 aromatic heterocycles. The average Bonchev–Trinajstić information content (AvgIpc) is 3.14. The first kappa shape index (κ1) is 20.0. The van der Waals surface area contributed by atoms with Crippen molar-refractivity contribution < 1.29 is 28.5 Å². The lowest BCUT2D eigenvalue weighted by atomic mass is 9.95. The molecule has 1 aliphatic rings. The number of carbonyl (C=O) groups excluding carboxylic acids is 1. The largest absolute Gasteiger partial charge is 0.508 e. The quantitative estimate of drug-likeness (QED) is 0.621. The third-order valence-corrected chi connectivity index (χ3v) is 4.85. The molecule has 2 aromatic rings. The molecule has 0 amide bonds. The molecule has 150 valence electrons. The molecular formula is C22H26O6. The predicted molar refractivity (Wildman–Crippen MR) is 105 cm³/mol. The maximum Gasteiger partial charge on any atom is 0.508 e. The van der Waals surface area contributed by atoms with E-state index in [-0.39, 0.29) is 6.61 Å². The van der Waals surface area contributed by atoms with E-state index in [4.69, 9.17) is 23.7 Å². The van der Waals surface area contributed by atoms with E-state index in [0.29, 0.717) is 5.75 Å². The van der Waals surface area contributed by atoms with Crippen molar-refractivity contribution in [3.8, 4) is 22.6 Å². The highest BCUT2D eigenvalue weighted by atomic mass is 16.8. The van der Waals surface area contributed by atoms with E-state index in [1.165, 1.54) is 5.56 Å². The van der Waals surface area contributed by atoms with Gasteiger partial charge in [-0.2, -0.15) is 0 Å². The minimum atomic E-state index is -0.684. The summed E-state index contributed by atoms with van der Waals surface area (Å²) in [5.74, 6) is 1.45. The van der Waals surface area contributed by atoms with E-state index in [1.54, 1.807) is 21.3 Å². The Labute approximate surface area is 165 Å². The van der Waals surface area contributed by atoms with Crippen LogP contribution in [-0.4, -0.2) is 40.2 Å². The van der Waals surface area contributed by atoms with Gasteiger partial charge in [0.25, 0.3) is 0 Å². The summed E-state index contributed by atoms with van der Waals surface area (Å²) >= 11 is 0. The van der Waals surface area contributed by atoms with Crippen molar-refractivity contribution in [3.63, 3.8) is 0 Å². The van der Waals surface area contributed by atoms with Gasteiger partial charge in [-0.15, -0.1) is 0 Å². The average molecular weight is 386 g/mol. The molecule has 6 nitrogen and oxygen atoms in total. The number of cyclic esters (lactones) is 2. The van der Waals surface area contributed by atoms with Crippen LogP contribution in [-0.2, 0) is 20.6 Å². The zero-order valence-corrected chi connectivity index (χ0v) is 16.7. The summed E-state index contributed by atoms with van der Waals surface area (Å²) in [6.45, 7) is 2.30. The van der Waals surface area contributed by atoms with E-state index in [1.807, 2.05) is 24.3 Å². The number of ether oxygens (including phenoxy) is 5. The first-order valence-corrected chi connectivity index (χ1v) is 9.32. The molecule has 0 saturated carbocycles. The second-order valence-electron chi connectivity index (χ2n) is 6.61. The van der Waals surface area contributed by atoms with Crippen molar-refractivity contribution in [2.75, 3.05) is 27.9 Å². The predicted octanol–water partition coefficient (Wildman–Crippen LogP) is 4.55. The minimum Gasteiger partial charge on any atom is -0.496 e. The fourth-order valence-corrected chi connectivity index (χ4v) is 3.52. The molecule has 6 heteroatoms. The fourth-order valence-electron chi connectivity index (χ4n) is 3.52. The number of benzene rings is 2. The van der Waals surface area contributed by atoms with Crippen LogP contribution in [0.15, 0.2) is 36.4 Å². The number of hydrogen-bond donors (Lipinski definition) is 0. The van der Waals surface area contributed by atoms with Crippen LogP contribution in [0.1, 0.15) is 30.6 Å². The van der Waals surface area contributed by atoms with Crippen molar-refractivity contribution in [1.29, 1.82) is 0 Å². The van der Waals surface area contributed by atoms with E-state index in [9.17, 15) is 4.79 Å². The maximum absolute atomic E-state index is 11.4. The first-order valence-electron chi connectivity index (χ1n) is 9.32. The van der Waals surface area contributed by atoms with Crippen molar-refractivity contribution in [2.45, 2.75) is 32.0 Å². The Balaban J connectivity index is 2.05. The molecule has 2 atom stereocenters. The summed E-state index contributed by atoms with van der Waals surface area (Å²) in [5, 5.41) is 0. The van der Waals surface area contributed by atoms with Crippen molar-refractivity contribution in [1.82, 2.24) is 0 Å². The standard InChI is InChI=1S/C22H26O6/c1-5-6-14-7-9-18(24-2)16(11-14)15-8-10-19(25-3)17(12-15)21(26-4)20-13-27-22(23)28-20/h7-12,20-21H,5-6,13H2,1-4H3. The normalized spacial score (nSPS) is 17.0. The molecule has 1 fully saturated rings. The van der Waals surface area contributed by atoms with Gasteiger partial charge in [-0.05, 0) is 41.8 Å². The maximum atomic E-state index is 11.4. The van der Waals surface area contributed by atoms with Crippen LogP contribution in [0.4, 0.5) is 4.79 Å². The minimum absolute atomic E-state index is 0.139. The molecule has 2 aromatic carbocycles. The Bertz CT molecular complexity index is 832. The number of methoxy groups -OCH3 is 3. The van der Waals surface area contributed by atoms with Crippen LogP contribution in [0.5, 0.6) is 11.5 Å². The lowest BCUT2D eigenvalue weighted by Crippen LogP contribution is -2.23. The van der Waals surface area contributed by atoms with Crippen LogP contribution >= 0.6 is 0 Å². The Morgan fingerprint density at radius 3 is 2.43 bits per heavy atom. The van der Waals surface area contributed by atoms with Gasteiger partial charge in [-0.25, -0.2) is 4.79 Å². The molecule has 0 radical (unpaired) electrons. The molecule has 0 aliphatic carbocycles. The highest BCUT2D eigenvalue weighted by molar-refractivity contribution is 5.73. The Kier molecular flexibility index (Phi) is 6.41. The summed E-state index contributed by atoms with van der Waals surface area (Å²) in [6.07, 6.45) is 0.339. The van der Waals surface area contributed by atoms with E-state index in [0.717, 1.165) is 35.3 Å². The number of carbonyl (C=O) groups is 1. The molecule has 1 aliphatic heterocycles. The van der Waals surface area contributed by atoms with Crippen LogP contribution in [0.3, 0.4) is 0 Å². The smallest absolute Gasteiger partial charge is 0.496 e. The van der Waals surface area contributed by atoms with Crippen LogP contribution in [0.25, 0.3) is 11.1 Å². The van der Waals surface area contributed by atoms with Gasteiger partial charge in [0.2, 0.25) is 0 Å². The SMILES string of the molecule is CCCc1ccc(OC)c(-c2ccc(OC)c(C(OC)C3COC(=O)O3)c2)c1. The molecule has 1 saturated heterocycles. The Morgan fingerprint density at radius 2 is 1.82 bits per heavy atom. The summed E-state index contributed by atoms with van der Waals surface area (Å²) in [7, 11) is 4.84. The Morgan fingerprint density at radius 1 is 1.07 bits per heavy atom. The van der Waals surface area contributed by atoms with Gasteiger partial charge in [0.05, 0.1) is 14.2 Å². The third-order valence-electron chi connectivity index (χ3n) is 4.85. The monoisotopic (exact) mass is 386 g/mol. The Hall–Kier alpha value is -2.73. The van der Waals surface area contributed by atoms with E-state index >= 15 is 0 Å². The molecule has 2 unspecified atom stereocenters. The summed E-state index contributed by atoms with van der Waals surface area (Å²) in [5.41, 5.74) is 4.00. The summed E-state index contributed by atoms with van der Waals surface area (Å²) < 4.78 is 26.9.